The van der Waals surface area contributed by atoms with Crippen LogP contribution in [0.25, 0.3) is 0 Å². The van der Waals surface area contributed by atoms with Crippen LogP contribution >= 0.6 is 0 Å². The Kier molecular flexibility index (Phi) is 4.05. The van der Waals surface area contributed by atoms with Gasteiger partial charge in [-0.25, -0.2) is 0 Å². The normalized spacial score (nSPS) is 33.2. The average Bonchev–Trinajstić information content (AvgIpc) is 2.75. The van der Waals surface area contributed by atoms with Gasteiger partial charge in [-0.15, -0.1) is 0 Å². The lowest BCUT2D eigenvalue weighted by atomic mass is 9.94. The lowest BCUT2D eigenvalue weighted by molar-refractivity contribution is -0.143. The first-order chi connectivity index (χ1) is 8.09. The molecule has 0 amide bonds. The predicted molar refractivity (Wildman–Crippen MR) is 67.0 cm³/mol. The number of carboxylic acids is 1. The van der Waals surface area contributed by atoms with Crippen molar-refractivity contribution in [3.05, 3.63) is 0 Å². The van der Waals surface area contributed by atoms with Gasteiger partial charge in [0, 0.05) is 13.1 Å². The molecule has 17 heavy (non-hydrogen) atoms. The Bertz CT molecular complexity index is 281. The summed E-state index contributed by atoms with van der Waals surface area (Å²) in [7, 11) is 4.13. The summed E-state index contributed by atoms with van der Waals surface area (Å²) in [6.45, 7) is 2.98. The molecule has 2 rings (SSSR count). The van der Waals surface area contributed by atoms with Crippen molar-refractivity contribution >= 4 is 5.97 Å². The number of likely N-dealkylation sites (tertiary alicyclic amines) is 1. The Balaban J connectivity index is 1.90. The van der Waals surface area contributed by atoms with E-state index in [9.17, 15) is 9.90 Å². The van der Waals surface area contributed by atoms with Crippen LogP contribution in [0.2, 0.25) is 0 Å². The molecule has 1 aliphatic carbocycles. The molecule has 4 nitrogen and oxygen atoms in total. The van der Waals surface area contributed by atoms with Crippen LogP contribution in [0.1, 0.15) is 25.7 Å². The molecule has 1 saturated heterocycles. The minimum atomic E-state index is -0.607. The van der Waals surface area contributed by atoms with Crippen molar-refractivity contribution in [3.8, 4) is 0 Å². The van der Waals surface area contributed by atoms with Gasteiger partial charge in [-0.3, -0.25) is 9.69 Å². The fraction of sp³-hybridized carbons (Fsp3) is 0.923. The van der Waals surface area contributed by atoms with Crippen LogP contribution in [0.5, 0.6) is 0 Å². The molecule has 0 aromatic heterocycles. The van der Waals surface area contributed by atoms with Gasteiger partial charge >= 0.3 is 5.97 Å². The summed E-state index contributed by atoms with van der Waals surface area (Å²) in [5.74, 6) is 0.464. The lowest BCUT2D eigenvalue weighted by Gasteiger charge is -2.24. The summed E-state index contributed by atoms with van der Waals surface area (Å²) in [6.07, 6.45) is 4.64. The summed E-state index contributed by atoms with van der Waals surface area (Å²) in [5, 5.41) is 9.39. The van der Waals surface area contributed by atoms with Gasteiger partial charge < -0.3 is 10.0 Å². The van der Waals surface area contributed by atoms with Crippen LogP contribution in [-0.4, -0.2) is 60.6 Å². The van der Waals surface area contributed by atoms with Crippen LogP contribution in [0.4, 0.5) is 0 Å². The van der Waals surface area contributed by atoms with Crippen LogP contribution in [0.3, 0.4) is 0 Å². The third kappa shape index (κ3) is 2.80. The highest BCUT2D eigenvalue weighted by atomic mass is 16.4. The number of aliphatic carboxylic acids is 1. The number of carbonyl (C=O) groups is 1. The van der Waals surface area contributed by atoms with E-state index in [1.165, 1.54) is 12.8 Å². The van der Waals surface area contributed by atoms with E-state index in [0.717, 1.165) is 32.5 Å². The van der Waals surface area contributed by atoms with E-state index in [-0.39, 0.29) is 6.04 Å². The minimum Gasteiger partial charge on any atom is -0.480 e. The second-order valence-electron chi connectivity index (χ2n) is 5.79. The van der Waals surface area contributed by atoms with E-state index in [1.807, 2.05) is 0 Å². The number of hydrogen-bond acceptors (Lipinski definition) is 3. The first-order valence-corrected chi connectivity index (χ1v) is 6.71. The molecule has 3 unspecified atom stereocenters. The van der Waals surface area contributed by atoms with Gasteiger partial charge in [0.05, 0.1) is 0 Å². The SMILES string of the molecule is CN(C)CCCN1CC2CCCC2C1C(=O)O. The number of nitrogens with zero attached hydrogens (tertiary/aromatic N) is 2. The van der Waals surface area contributed by atoms with Gasteiger partial charge in [0.1, 0.15) is 6.04 Å². The zero-order chi connectivity index (χ0) is 12.4. The maximum atomic E-state index is 11.4. The average molecular weight is 240 g/mol. The number of hydrogen-bond donors (Lipinski definition) is 1. The Hall–Kier alpha value is -0.610. The molecule has 3 atom stereocenters. The van der Waals surface area contributed by atoms with E-state index in [2.05, 4.69) is 23.9 Å². The molecule has 0 aromatic carbocycles. The molecule has 2 aliphatic rings. The van der Waals surface area contributed by atoms with E-state index in [1.54, 1.807) is 0 Å². The van der Waals surface area contributed by atoms with Crippen molar-refractivity contribution in [2.24, 2.45) is 11.8 Å². The smallest absolute Gasteiger partial charge is 0.321 e. The molecule has 1 aliphatic heterocycles. The van der Waals surface area contributed by atoms with Crippen LogP contribution in [0.15, 0.2) is 0 Å². The second-order valence-corrected chi connectivity index (χ2v) is 5.79. The molecule has 98 valence electrons. The molecule has 0 radical (unpaired) electrons. The topological polar surface area (TPSA) is 43.8 Å². The Labute approximate surface area is 104 Å². The molecule has 2 fully saturated rings. The summed E-state index contributed by atoms with van der Waals surface area (Å²) in [5.41, 5.74) is 0. The van der Waals surface area contributed by atoms with Gasteiger partial charge in [-0.2, -0.15) is 0 Å². The highest BCUT2D eigenvalue weighted by Gasteiger charge is 2.47. The molecule has 1 N–H and O–H groups in total. The first-order valence-electron chi connectivity index (χ1n) is 6.71. The molecule has 1 heterocycles. The predicted octanol–water partition coefficient (Wildman–Crippen LogP) is 1.12. The van der Waals surface area contributed by atoms with Gasteiger partial charge in [-0.05, 0) is 51.7 Å². The standard InChI is InChI=1S/C13H24N2O2/c1-14(2)7-4-8-15-9-10-5-3-6-11(10)12(15)13(16)17/h10-12H,3-9H2,1-2H3,(H,16,17). The highest BCUT2D eigenvalue weighted by molar-refractivity contribution is 5.74. The molecule has 0 aromatic rings. The monoisotopic (exact) mass is 240 g/mol. The summed E-state index contributed by atoms with van der Waals surface area (Å²) < 4.78 is 0. The fourth-order valence-electron chi connectivity index (χ4n) is 3.55. The van der Waals surface area contributed by atoms with Crippen molar-refractivity contribution < 1.29 is 9.90 Å². The van der Waals surface area contributed by atoms with E-state index in [0.29, 0.717) is 11.8 Å². The largest absolute Gasteiger partial charge is 0.480 e. The van der Waals surface area contributed by atoms with Crippen molar-refractivity contribution in [2.75, 3.05) is 33.7 Å². The molecular weight excluding hydrogens is 216 g/mol. The van der Waals surface area contributed by atoms with Gasteiger partial charge in [0.25, 0.3) is 0 Å². The summed E-state index contributed by atoms with van der Waals surface area (Å²) >= 11 is 0. The molecular formula is C13H24N2O2. The zero-order valence-electron chi connectivity index (χ0n) is 10.9. The highest BCUT2D eigenvalue weighted by Crippen LogP contribution is 2.42. The number of rotatable bonds is 5. The fourth-order valence-corrected chi connectivity index (χ4v) is 3.55. The van der Waals surface area contributed by atoms with E-state index in [4.69, 9.17) is 0 Å². The number of carboxylic acid groups (broad SMARTS) is 1. The third-order valence-electron chi connectivity index (χ3n) is 4.29. The van der Waals surface area contributed by atoms with Crippen molar-refractivity contribution in [3.63, 3.8) is 0 Å². The zero-order valence-corrected chi connectivity index (χ0v) is 10.9. The maximum absolute atomic E-state index is 11.4. The molecule has 1 saturated carbocycles. The molecule has 4 heteroatoms. The van der Waals surface area contributed by atoms with Crippen molar-refractivity contribution in [1.82, 2.24) is 9.80 Å². The van der Waals surface area contributed by atoms with Gasteiger partial charge in [0.2, 0.25) is 0 Å². The molecule has 0 spiro atoms. The van der Waals surface area contributed by atoms with Crippen LogP contribution < -0.4 is 0 Å². The van der Waals surface area contributed by atoms with E-state index >= 15 is 0 Å². The third-order valence-corrected chi connectivity index (χ3v) is 4.29. The number of fused-ring (bicyclic) bond motifs is 1. The first kappa shape index (κ1) is 12.8. The maximum Gasteiger partial charge on any atom is 0.321 e. The van der Waals surface area contributed by atoms with Crippen molar-refractivity contribution in [1.29, 1.82) is 0 Å². The summed E-state index contributed by atoms with van der Waals surface area (Å²) in [4.78, 5) is 15.8. The Morgan fingerprint density at radius 2 is 2.18 bits per heavy atom. The van der Waals surface area contributed by atoms with Crippen LogP contribution in [-0.2, 0) is 4.79 Å². The van der Waals surface area contributed by atoms with Crippen molar-refractivity contribution in [2.45, 2.75) is 31.7 Å². The Morgan fingerprint density at radius 1 is 1.41 bits per heavy atom. The van der Waals surface area contributed by atoms with Gasteiger partial charge in [-0.1, -0.05) is 6.42 Å². The second kappa shape index (κ2) is 5.36. The van der Waals surface area contributed by atoms with E-state index < -0.39 is 5.97 Å². The summed E-state index contributed by atoms with van der Waals surface area (Å²) in [6, 6.07) is -0.204. The lowest BCUT2D eigenvalue weighted by Crippen LogP contribution is -2.40. The minimum absolute atomic E-state index is 0.204. The van der Waals surface area contributed by atoms with Gasteiger partial charge in [0.15, 0.2) is 0 Å². The quantitative estimate of drug-likeness (QED) is 0.782. The van der Waals surface area contributed by atoms with Crippen LogP contribution in [0, 0.1) is 11.8 Å². The Morgan fingerprint density at radius 3 is 2.82 bits per heavy atom. The molecule has 0 bridgehead atoms.